The maximum atomic E-state index is 11.7. The Labute approximate surface area is 114 Å². The highest BCUT2D eigenvalue weighted by atomic mass is 16.5. The second kappa shape index (κ2) is 8.42. The molecule has 0 aromatic carbocycles. The summed E-state index contributed by atoms with van der Waals surface area (Å²) in [6.07, 6.45) is 3.94. The summed E-state index contributed by atoms with van der Waals surface area (Å²) in [5.41, 5.74) is 0.336. The number of ether oxygens (including phenoxy) is 1. The Kier molecular flexibility index (Phi) is 6.81. The Morgan fingerprint density at radius 1 is 1.37 bits per heavy atom. The monoisotopic (exact) mass is 266 g/mol. The van der Waals surface area contributed by atoms with Crippen LogP contribution in [0.5, 0.6) is 0 Å². The molecule has 0 aliphatic carbocycles. The topological polar surface area (TPSA) is 76.1 Å². The van der Waals surface area contributed by atoms with E-state index in [1.54, 1.807) is 13.3 Å². The highest BCUT2D eigenvalue weighted by molar-refractivity contribution is 5.91. The van der Waals surface area contributed by atoms with Gasteiger partial charge in [0.1, 0.15) is 11.5 Å². The van der Waals surface area contributed by atoms with Gasteiger partial charge in [-0.25, -0.2) is 9.97 Å². The van der Waals surface area contributed by atoms with Crippen LogP contribution in [0, 0.1) is 5.92 Å². The van der Waals surface area contributed by atoms with Gasteiger partial charge in [-0.1, -0.05) is 13.8 Å². The number of nitrogens with zero attached hydrogens (tertiary/aromatic N) is 2. The largest absolute Gasteiger partial charge is 0.385 e. The lowest BCUT2D eigenvalue weighted by Gasteiger charge is -2.08. The molecule has 2 N–H and O–H groups in total. The molecule has 0 fully saturated rings. The molecule has 1 amide bonds. The molecule has 0 saturated carbocycles. The van der Waals surface area contributed by atoms with Crippen molar-refractivity contribution in [2.75, 3.05) is 32.1 Å². The molecule has 6 nitrogen and oxygen atoms in total. The number of hydrogen-bond donors (Lipinski definition) is 2. The number of carbonyl (C=O) groups excluding carboxylic acids is 1. The van der Waals surface area contributed by atoms with Gasteiger partial charge < -0.3 is 15.4 Å². The van der Waals surface area contributed by atoms with Crippen molar-refractivity contribution in [1.82, 2.24) is 15.3 Å². The Hall–Kier alpha value is -1.69. The van der Waals surface area contributed by atoms with Crippen molar-refractivity contribution in [2.24, 2.45) is 5.92 Å². The summed E-state index contributed by atoms with van der Waals surface area (Å²) in [5.74, 6) is 0.891. The lowest BCUT2D eigenvalue weighted by atomic mass is 10.2. The van der Waals surface area contributed by atoms with Crippen LogP contribution >= 0.6 is 0 Å². The lowest BCUT2D eigenvalue weighted by molar-refractivity contribution is 0.0943. The van der Waals surface area contributed by atoms with E-state index in [1.807, 2.05) is 13.8 Å². The van der Waals surface area contributed by atoms with Crippen molar-refractivity contribution in [2.45, 2.75) is 20.3 Å². The van der Waals surface area contributed by atoms with Gasteiger partial charge in [0.15, 0.2) is 0 Å². The maximum absolute atomic E-state index is 11.7. The standard InChI is InChI=1S/C13H22N4O2/c1-10(2)7-17-13(18)11-8-16-12(9-15-11)14-5-4-6-19-3/h8-10H,4-7H2,1-3H3,(H,14,16)(H,17,18). The Balaban J connectivity index is 2.40. The summed E-state index contributed by atoms with van der Waals surface area (Å²) in [7, 11) is 1.67. The summed E-state index contributed by atoms with van der Waals surface area (Å²) in [6, 6.07) is 0. The highest BCUT2D eigenvalue weighted by Gasteiger charge is 2.07. The van der Waals surface area contributed by atoms with Crippen molar-refractivity contribution in [1.29, 1.82) is 0 Å². The molecule has 1 aromatic heterocycles. The smallest absolute Gasteiger partial charge is 0.271 e. The van der Waals surface area contributed by atoms with Gasteiger partial charge in [0.25, 0.3) is 5.91 Å². The number of aromatic nitrogens is 2. The number of methoxy groups -OCH3 is 1. The summed E-state index contributed by atoms with van der Waals surface area (Å²) in [5, 5.41) is 5.91. The van der Waals surface area contributed by atoms with Gasteiger partial charge in [0, 0.05) is 26.8 Å². The molecule has 106 valence electrons. The minimum atomic E-state index is -0.188. The number of rotatable bonds is 8. The molecule has 0 bridgehead atoms. The van der Waals surface area contributed by atoms with E-state index in [2.05, 4.69) is 20.6 Å². The molecule has 1 rings (SSSR count). The van der Waals surface area contributed by atoms with Crippen LogP contribution < -0.4 is 10.6 Å². The van der Waals surface area contributed by atoms with Crippen molar-refractivity contribution >= 4 is 11.7 Å². The minimum Gasteiger partial charge on any atom is -0.385 e. The zero-order valence-electron chi connectivity index (χ0n) is 11.8. The van der Waals surface area contributed by atoms with Crippen molar-refractivity contribution in [3.63, 3.8) is 0 Å². The first-order chi connectivity index (χ1) is 9.13. The summed E-state index contributed by atoms with van der Waals surface area (Å²) in [6.45, 7) is 6.19. The van der Waals surface area contributed by atoms with E-state index in [9.17, 15) is 4.79 Å². The van der Waals surface area contributed by atoms with E-state index in [1.165, 1.54) is 6.20 Å². The van der Waals surface area contributed by atoms with Crippen LogP contribution in [0.15, 0.2) is 12.4 Å². The summed E-state index contributed by atoms with van der Waals surface area (Å²) < 4.78 is 4.95. The Morgan fingerprint density at radius 2 is 2.16 bits per heavy atom. The van der Waals surface area contributed by atoms with Gasteiger partial charge in [-0.05, 0) is 12.3 Å². The third kappa shape index (κ3) is 6.15. The predicted octanol–water partition coefficient (Wildman–Crippen LogP) is 1.31. The van der Waals surface area contributed by atoms with Crippen LogP contribution in [0.4, 0.5) is 5.82 Å². The van der Waals surface area contributed by atoms with Gasteiger partial charge >= 0.3 is 0 Å². The van der Waals surface area contributed by atoms with Gasteiger partial charge in [-0.3, -0.25) is 4.79 Å². The summed E-state index contributed by atoms with van der Waals surface area (Å²) >= 11 is 0. The molecule has 1 heterocycles. The quantitative estimate of drug-likeness (QED) is 0.694. The zero-order valence-corrected chi connectivity index (χ0v) is 11.8. The molecule has 0 unspecified atom stereocenters. The van der Waals surface area contributed by atoms with Crippen LogP contribution in [0.1, 0.15) is 30.8 Å². The highest BCUT2D eigenvalue weighted by Crippen LogP contribution is 2.01. The fourth-order valence-electron chi connectivity index (χ4n) is 1.36. The molecular formula is C13H22N4O2. The van der Waals surface area contributed by atoms with Crippen molar-refractivity contribution in [3.05, 3.63) is 18.1 Å². The third-order valence-electron chi connectivity index (χ3n) is 2.39. The molecule has 19 heavy (non-hydrogen) atoms. The average molecular weight is 266 g/mol. The predicted molar refractivity (Wildman–Crippen MR) is 74.2 cm³/mol. The number of carbonyl (C=O) groups is 1. The fraction of sp³-hybridized carbons (Fsp3) is 0.615. The lowest BCUT2D eigenvalue weighted by Crippen LogP contribution is -2.28. The van der Waals surface area contributed by atoms with Gasteiger partial charge in [-0.15, -0.1) is 0 Å². The Morgan fingerprint density at radius 3 is 2.74 bits per heavy atom. The molecule has 6 heteroatoms. The third-order valence-corrected chi connectivity index (χ3v) is 2.39. The van der Waals surface area contributed by atoms with E-state index in [-0.39, 0.29) is 5.91 Å². The second-order valence-electron chi connectivity index (χ2n) is 4.66. The van der Waals surface area contributed by atoms with Gasteiger partial charge in [0.2, 0.25) is 0 Å². The van der Waals surface area contributed by atoms with E-state index in [4.69, 9.17) is 4.74 Å². The first-order valence-electron chi connectivity index (χ1n) is 6.46. The van der Waals surface area contributed by atoms with E-state index in [0.717, 1.165) is 13.0 Å². The molecule has 0 spiro atoms. The van der Waals surface area contributed by atoms with Crippen LogP contribution in [0.2, 0.25) is 0 Å². The van der Waals surface area contributed by atoms with Crippen LogP contribution in [-0.2, 0) is 4.74 Å². The number of anilines is 1. The summed E-state index contributed by atoms with van der Waals surface area (Å²) in [4.78, 5) is 19.9. The molecule has 0 radical (unpaired) electrons. The van der Waals surface area contributed by atoms with E-state index < -0.39 is 0 Å². The van der Waals surface area contributed by atoms with Gasteiger partial charge in [-0.2, -0.15) is 0 Å². The molecule has 0 aliphatic rings. The maximum Gasteiger partial charge on any atom is 0.271 e. The SMILES string of the molecule is COCCCNc1cnc(C(=O)NCC(C)C)cn1. The first kappa shape index (κ1) is 15.4. The van der Waals surface area contributed by atoms with Crippen molar-refractivity contribution in [3.8, 4) is 0 Å². The first-order valence-corrected chi connectivity index (χ1v) is 6.46. The van der Waals surface area contributed by atoms with Gasteiger partial charge in [0.05, 0.1) is 12.4 Å². The molecular weight excluding hydrogens is 244 g/mol. The zero-order chi connectivity index (χ0) is 14.1. The normalized spacial score (nSPS) is 10.5. The minimum absolute atomic E-state index is 0.188. The van der Waals surface area contributed by atoms with E-state index in [0.29, 0.717) is 30.6 Å². The van der Waals surface area contributed by atoms with Crippen LogP contribution in [-0.4, -0.2) is 42.7 Å². The molecule has 0 aliphatic heterocycles. The van der Waals surface area contributed by atoms with Crippen LogP contribution in [0.3, 0.4) is 0 Å². The van der Waals surface area contributed by atoms with Crippen molar-refractivity contribution < 1.29 is 9.53 Å². The molecule has 0 saturated heterocycles. The van der Waals surface area contributed by atoms with Crippen LogP contribution in [0.25, 0.3) is 0 Å². The number of amides is 1. The average Bonchev–Trinajstić information content (AvgIpc) is 2.41. The Bertz CT molecular complexity index is 379. The number of nitrogens with one attached hydrogen (secondary N) is 2. The van der Waals surface area contributed by atoms with E-state index >= 15 is 0 Å². The fourth-order valence-corrected chi connectivity index (χ4v) is 1.36. The second-order valence-corrected chi connectivity index (χ2v) is 4.66. The number of hydrogen-bond acceptors (Lipinski definition) is 5. The molecule has 0 atom stereocenters. The molecule has 1 aromatic rings.